The van der Waals surface area contributed by atoms with Gasteiger partial charge in [-0.05, 0) is 42.8 Å². The first-order valence-corrected chi connectivity index (χ1v) is 12.0. The van der Waals surface area contributed by atoms with Crippen LogP contribution in [0.3, 0.4) is 0 Å². The monoisotopic (exact) mass is 406 g/mol. The van der Waals surface area contributed by atoms with Gasteiger partial charge in [0.05, 0.1) is 12.5 Å². The highest BCUT2D eigenvalue weighted by molar-refractivity contribution is 7.80. The molecule has 0 fully saturated rings. The molecule has 1 aromatic carbocycles. The van der Waals surface area contributed by atoms with E-state index < -0.39 is 0 Å². The fraction of sp³-hybridized carbons (Fsp3) is 0.720. The van der Waals surface area contributed by atoms with E-state index in [0.717, 1.165) is 37.9 Å². The van der Waals surface area contributed by atoms with Gasteiger partial charge in [-0.2, -0.15) is 0 Å². The van der Waals surface area contributed by atoms with Crippen LogP contribution in [0.15, 0.2) is 24.3 Å². The number of aromatic hydroxyl groups is 1. The van der Waals surface area contributed by atoms with E-state index in [1.54, 1.807) is 12.1 Å². The van der Waals surface area contributed by atoms with Gasteiger partial charge in [0.15, 0.2) is 5.05 Å². The molecule has 1 atom stereocenters. The smallest absolute Gasteiger partial charge is 0.167 e. The molecule has 0 spiro atoms. The molecule has 28 heavy (non-hydrogen) atoms. The molecule has 0 aliphatic heterocycles. The number of rotatable bonds is 17. The fourth-order valence-electron chi connectivity index (χ4n) is 3.58. The SMILES string of the molecule is CCCCCCCCCCCCCOC(=S)C(CCCC)c1ccc(O)cc1. The van der Waals surface area contributed by atoms with Crippen molar-refractivity contribution in [1.82, 2.24) is 0 Å². The van der Waals surface area contributed by atoms with E-state index in [9.17, 15) is 5.11 Å². The Bertz CT molecular complexity index is 498. The molecular weight excluding hydrogens is 364 g/mol. The summed E-state index contributed by atoms with van der Waals surface area (Å²) in [5, 5.41) is 10.2. The van der Waals surface area contributed by atoms with Gasteiger partial charge in [-0.1, -0.05) is 103 Å². The fourth-order valence-corrected chi connectivity index (χ4v) is 3.91. The van der Waals surface area contributed by atoms with Crippen LogP contribution in [0.1, 0.15) is 115 Å². The van der Waals surface area contributed by atoms with Gasteiger partial charge < -0.3 is 9.84 Å². The van der Waals surface area contributed by atoms with Gasteiger partial charge in [-0.15, -0.1) is 0 Å². The highest BCUT2D eigenvalue weighted by atomic mass is 32.1. The number of hydrogen-bond acceptors (Lipinski definition) is 3. The molecule has 0 saturated heterocycles. The molecule has 0 heterocycles. The largest absolute Gasteiger partial charge is 0.508 e. The number of hydrogen-bond donors (Lipinski definition) is 1. The maximum Gasteiger partial charge on any atom is 0.167 e. The van der Waals surface area contributed by atoms with Crippen molar-refractivity contribution in [3.05, 3.63) is 29.8 Å². The Labute approximate surface area is 179 Å². The van der Waals surface area contributed by atoms with Crippen LogP contribution >= 0.6 is 12.2 Å². The number of phenols is 1. The molecule has 2 nitrogen and oxygen atoms in total. The van der Waals surface area contributed by atoms with Crippen molar-refractivity contribution >= 4 is 17.3 Å². The van der Waals surface area contributed by atoms with E-state index in [0.29, 0.717) is 10.8 Å². The van der Waals surface area contributed by atoms with Crippen LogP contribution < -0.4 is 0 Å². The maximum absolute atomic E-state index is 9.52. The molecule has 160 valence electrons. The van der Waals surface area contributed by atoms with E-state index >= 15 is 0 Å². The minimum atomic E-state index is 0.156. The van der Waals surface area contributed by atoms with Gasteiger partial charge in [0.2, 0.25) is 0 Å². The summed E-state index contributed by atoms with van der Waals surface area (Å²) in [7, 11) is 0. The van der Waals surface area contributed by atoms with Crippen molar-refractivity contribution in [1.29, 1.82) is 0 Å². The molecule has 1 rings (SSSR count). The number of ether oxygens (including phenoxy) is 1. The van der Waals surface area contributed by atoms with Gasteiger partial charge in [-0.3, -0.25) is 0 Å². The van der Waals surface area contributed by atoms with Crippen molar-refractivity contribution < 1.29 is 9.84 Å². The first-order chi connectivity index (χ1) is 13.7. The summed E-state index contributed by atoms with van der Waals surface area (Å²) in [4.78, 5) is 0. The molecule has 0 amide bonds. The summed E-state index contributed by atoms with van der Waals surface area (Å²) in [5.41, 5.74) is 1.15. The van der Waals surface area contributed by atoms with Crippen LogP contribution in [0, 0.1) is 0 Å². The zero-order valence-corrected chi connectivity index (χ0v) is 19.1. The summed E-state index contributed by atoms with van der Waals surface area (Å²) >= 11 is 5.60. The zero-order chi connectivity index (χ0) is 20.5. The van der Waals surface area contributed by atoms with Gasteiger partial charge in [0, 0.05) is 0 Å². The lowest BCUT2D eigenvalue weighted by atomic mass is 9.94. The molecule has 0 radical (unpaired) electrons. The average Bonchev–Trinajstić information content (AvgIpc) is 2.70. The topological polar surface area (TPSA) is 29.5 Å². The lowest BCUT2D eigenvalue weighted by molar-refractivity contribution is 0.285. The molecule has 0 aliphatic carbocycles. The minimum Gasteiger partial charge on any atom is -0.508 e. The van der Waals surface area contributed by atoms with Crippen LogP contribution in [0.4, 0.5) is 0 Å². The zero-order valence-electron chi connectivity index (χ0n) is 18.3. The van der Waals surface area contributed by atoms with Crippen LogP contribution in [0.25, 0.3) is 0 Å². The quantitative estimate of drug-likeness (QED) is 0.208. The Morgan fingerprint density at radius 3 is 1.82 bits per heavy atom. The molecule has 1 unspecified atom stereocenters. The summed E-state index contributed by atoms with van der Waals surface area (Å²) < 4.78 is 5.94. The minimum absolute atomic E-state index is 0.156. The number of thiocarbonyl (C=S) groups is 1. The second-order valence-corrected chi connectivity index (χ2v) is 8.39. The van der Waals surface area contributed by atoms with Crippen molar-refractivity contribution in [3.8, 4) is 5.75 Å². The number of benzene rings is 1. The summed E-state index contributed by atoms with van der Waals surface area (Å²) in [6.07, 6.45) is 18.0. The number of unbranched alkanes of at least 4 members (excludes halogenated alkanes) is 11. The summed E-state index contributed by atoms with van der Waals surface area (Å²) in [6.45, 7) is 5.20. The van der Waals surface area contributed by atoms with Gasteiger partial charge in [0.1, 0.15) is 5.75 Å². The van der Waals surface area contributed by atoms with E-state index in [1.165, 1.54) is 64.2 Å². The first kappa shape index (κ1) is 24.9. The number of phenolic OH excluding ortho intramolecular Hbond substituents is 1. The normalized spacial score (nSPS) is 12.1. The summed E-state index contributed by atoms with van der Waals surface area (Å²) in [6, 6.07) is 7.41. The van der Waals surface area contributed by atoms with Crippen molar-refractivity contribution in [2.45, 2.75) is 110 Å². The predicted octanol–water partition coefficient (Wildman–Crippen LogP) is 8.32. The summed E-state index contributed by atoms with van der Waals surface area (Å²) in [5.74, 6) is 0.453. The van der Waals surface area contributed by atoms with Crippen molar-refractivity contribution in [2.75, 3.05) is 6.61 Å². The van der Waals surface area contributed by atoms with Crippen LogP contribution in [-0.4, -0.2) is 16.8 Å². The molecule has 0 aliphatic rings. The molecule has 0 aromatic heterocycles. The molecular formula is C25H42O2S. The lowest BCUT2D eigenvalue weighted by Crippen LogP contribution is -2.15. The van der Waals surface area contributed by atoms with Gasteiger partial charge in [0.25, 0.3) is 0 Å². The Kier molecular flexibility index (Phi) is 15.0. The van der Waals surface area contributed by atoms with E-state index in [4.69, 9.17) is 17.0 Å². The van der Waals surface area contributed by atoms with Crippen LogP contribution in [0.2, 0.25) is 0 Å². The second kappa shape index (κ2) is 16.8. The molecule has 1 N–H and O–H groups in total. The third-order valence-corrected chi connectivity index (χ3v) is 5.82. The van der Waals surface area contributed by atoms with Gasteiger partial charge in [-0.25, -0.2) is 0 Å². The Morgan fingerprint density at radius 1 is 0.786 bits per heavy atom. The third-order valence-electron chi connectivity index (χ3n) is 5.42. The van der Waals surface area contributed by atoms with Crippen LogP contribution in [0.5, 0.6) is 5.75 Å². The Hall–Kier alpha value is -1.09. The average molecular weight is 407 g/mol. The predicted molar refractivity (Wildman–Crippen MR) is 125 cm³/mol. The van der Waals surface area contributed by atoms with E-state index in [1.807, 2.05) is 12.1 Å². The Morgan fingerprint density at radius 2 is 1.29 bits per heavy atom. The Balaban J connectivity index is 2.15. The molecule has 1 aromatic rings. The third kappa shape index (κ3) is 11.7. The maximum atomic E-state index is 9.52. The standard InChI is InChI=1S/C25H42O2S/c1-3-5-7-8-9-10-11-12-13-14-15-21-27-25(28)24(16-6-4-2)22-17-19-23(26)20-18-22/h17-20,24,26H,3-16,21H2,1-2H3. The van der Waals surface area contributed by atoms with Crippen molar-refractivity contribution in [2.24, 2.45) is 0 Å². The lowest BCUT2D eigenvalue weighted by Gasteiger charge is -2.19. The molecule has 3 heteroatoms. The van der Waals surface area contributed by atoms with Crippen LogP contribution in [-0.2, 0) is 4.74 Å². The first-order valence-electron chi connectivity index (χ1n) is 11.6. The highest BCUT2D eigenvalue weighted by Gasteiger charge is 2.18. The van der Waals surface area contributed by atoms with E-state index in [2.05, 4.69) is 13.8 Å². The molecule has 0 saturated carbocycles. The second-order valence-electron chi connectivity index (χ2n) is 7.99. The molecule has 0 bridgehead atoms. The van der Waals surface area contributed by atoms with Crippen molar-refractivity contribution in [3.63, 3.8) is 0 Å². The van der Waals surface area contributed by atoms with Gasteiger partial charge >= 0.3 is 0 Å². The van der Waals surface area contributed by atoms with E-state index in [-0.39, 0.29) is 5.92 Å². The highest BCUT2D eigenvalue weighted by Crippen LogP contribution is 2.26.